The van der Waals surface area contributed by atoms with Gasteiger partial charge in [0.05, 0.1) is 11.4 Å². The van der Waals surface area contributed by atoms with Gasteiger partial charge in [-0.1, -0.05) is 13.3 Å². The van der Waals surface area contributed by atoms with Crippen LogP contribution >= 0.6 is 0 Å². The number of aromatic nitrogens is 2. The Hall–Kier alpha value is -2.43. The molecule has 2 rings (SSSR count). The van der Waals surface area contributed by atoms with Gasteiger partial charge in [-0.05, 0) is 44.5 Å². The molecule has 2 heterocycles. The molecule has 0 atom stereocenters. The first-order valence-corrected chi connectivity index (χ1v) is 7.01. The molecule has 110 valence electrons. The summed E-state index contributed by atoms with van der Waals surface area (Å²) in [6.07, 6.45) is 1.76. The molecule has 0 spiro atoms. The molecule has 2 aromatic heterocycles. The fourth-order valence-electron chi connectivity index (χ4n) is 2.14. The van der Waals surface area contributed by atoms with Crippen LogP contribution in [0.15, 0.2) is 24.3 Å². The molecule has 0 saturated carbocycles. The van der Waals surface area contributed by atoms with Gasteiger partial charge in [-0.3, -0.25) is 9.78 Å². The molecular weight excluding hydrogens is 264 g/mol. The summed E-state index contributed by atoms with van der Waals surface area (Å²) in [7, 11) is 0. The number of amides is 1. The fourth-order valence-corrected chi connectivity index (χ4v) is 2.14. The van der Waals surface area contributed by atoms with E-state index in [0.29, 0.717) is 17.1 Å². The molecule has 0 bridgehead atoms. The van der Waals surface area contributed by atoms with E-state index in [2.05, 4.69) is 22.2 Å². The van der Waals surface area contributed by atoms with E-state index in [-0.39, 0.29) is 5.91 Å². The molecule has 5 heteroatoms. The number of hydrogen-bond acceptors (Lipinski definition) is 4. The minimum absolute atomic E-state index is 0.199. The Balaban J connectivity index is 2.23. The maximum atomic E-state index is 12.3. The highest BCUT2D eigenvalue weighted by Crippen LogP contribution is 2.16. The fraction of sp³-hybridized carbons (Fsp3) is 0.312. The number of pyridine rings is 2. The monoisotopic (exact) mass is 284 g/mol. The Morgan fingerprint density at radius 3 is 2.67 bits per heavy atom. The van der Waals surface area contributed by atoms with Crippen molar-refractivity contribution in [2.45, 2.75) is 33.6 Å². The standard InChI is InChI=1S/C16H20N4O/c1-4-5-13-8-12(9-15(17)19-13)16(21)20-14-7-6-10(2)18-11(14)3/h6-9H,4-5H2,1-3H3,(H2,17,19)(H,20,21). The molecule has 0 saturated heterocycles. The summed E-state index contributed by atoms with van der Waals surface area (Å²) in [5, 5.41) is 2.87. The first-order valence-electron chi connectivity index (χ1n) is 7.01. The van der Waals surface area contributed by atoms with E-state index in [0.717, 1.165) is 29.9 Å². The molecule has 0 radical (unpaired) electrons. The van der Waals surface area contributed by atoms with Crippen LogP contribution in [-0.2, 0) is 6.42 Å². The summed E-state index contributed by atoms with van der Waals surface area (Å²) >= 11 is 0. The van der Waals surface area contributed by atoms with Gasteiger partial charge < -0.3 is 11.1 Å². The quantitative estimate of drug-likeness (QED) is 0.904. The lowest BCUT2D eigenvalue weighted by atomic mass is 10.1. The summed E-state index contributed by atoms with van der Waals surface area (Å²) in [5.74, 6) is 0.167. The van der Waals surface area contributed by atoms with Crippen molar-refractivity contribution in [2.75, 3.05) is 11.1 Å². The number of carbonyl (C=O) groups is 1. The molecule has 0 aliphatic rings. The largest absolute Gasteiger partial charge is 0.384 e. The number of nitrogens with one attached hydrogen (secondary N) is 1. The average molecular weight is 284 g/mol. The average Bonchev–Trinajstić information content (AvgIpc) is 2.41. The minimum atomic E-state index is -0.199. The topological polar surface area (TPSA) is 80.9 Å². The van der Waals surface area contributed by atoms with Crippen molar-refractivity contribution in [1.29, 1.82) is 0 Å². The number of hydrogen-bond donors (Lipinski definition) is 2. The van der Waals surface area contributed by atoms with E-state index < -0.39 is 0 Å². The van der Waals surface area contributed by atoms with Crippen LogP contribution in [0.1, 0.15) is 40.8 Å². The summed E-state index contributed by atoms with van der Waals surface area (Å²) in [6.45, 7) is 5.84. The Morgan fingerprint density at radius 2 is 2.00 bits per heavy atom. The molecule has 5 nitrogen and oxygen atoms in total. The lowest BCUT2D eigenvalue weighted by molar-refractivity contribution is 0.102. The van der Waals surface area contributed by atoms with Crippen LogP contribution < -0.4 is 11.1 Å². The van der Waals surface area contributed by atoms with Gasteiger partial charge in [0, 0.05) is 17.0 Å². The van der Waals surface area contributed by atoms with E-state index in [1.807, 2.05) is 26.0 Å². The van der Waals surface area contributed by atoms with E-state index in [9.17, 15) is 4.79 Å². The number of rotatable bonds is 4. The number of aryl methyl sites for hydroxylation is 3. The van der Waals surface area contributed by atoms with Gasteiger partial charge in [0.1, 0.15) is 5.82 Å². The van der Waals surface area contributed by atoms with Crippen molar-refractivity contribution in [1.82, 2.24) is 9.97 Å². The number of carbonyl (C=O) groups excluding carboxylic acids is 1. The molecule has 2 aromatic rings. The third kappa shape index (κ3) is 3.78. The second-order valence-corrected chi connectivity index (χ2v) is 5.06. The SMILES string of the molecule is CCCc1cc(C(=O)Nc2ccc(C)nc2C)cc(N)n1. The summed E-state index contributed by atoms with van der Waals surface area (Å²) < 4.78 is 0. The predicted molar refractivity (Wildman–Crippen MR) is 84.3 cm³/mol. The van der Waals surface area contributed by atoms with Crippen LogP contribution in [0.3, 0.4) is 0 Å². The molecule has 0 aromatic carbocycles. The van der Waals surface area contributed by atoms with Crippen molar-refractivity contribution >= 4 is 17.4 Å². The summed E-state index contributed by atoms with van der Waals surface area (Å²) in [5.41, 5.74) is 9.54. The second kappa shape index (κ2) is 6.35. The normalized spacial score (nSPS) is 10.4. The highest BCUT2D eigenvalue weighted by molar-refractivity contribution is 6.05. The van der Waals surface area contributed by atoms with Gasteiger partial charge in [0.15, 0.2) is 0 Å². The van der Waals surface area contributed by atoms with Gasteiger partial charge in [-0.15, -0.1) is 0 Å². The van der Waals surface area contributed by atoms with Gasteiger partial charge in [-0.2, -0.15) is 0 Å². The van der Waals surface area contributed by atoms with Gasteiger partial charge in [0.2, 0.25) is 0 Å². The Labute approximate surface area is 124 Å². The maximum absolute atomic E-state index is 12.3. The zero-order chi connectivity index (χ0) is 15.4. The second-order valence-electron chi connectivity index (χ2n) is 5.06. The Bertz CT molecular complexity index is 667. The molecule has 0 fully saturated rings. The Morgan fingerprint density at radius 1 is 1.24 bits per heavy atom. The third-order valence-electron chi connectivity index (χ3n) is 3.14. The first kappa shape index (κ1) is 15.0. The summed E-state index contributed by atoms with van der Waals surface area (Å²) in [4.78, 5) is 20.9. The predicted octanol–water partition coefficient (Wildman–Crippen LogP) is 2.88. The van der Waals surface area contributed by atoms with Crippen molar-refractivity contribution < 1.29 is 4.79 Å². The van der Waals surface area contributed by atoms with Crippen LogP contribution in [-0.4, -0.2) is 15.9 Å². The number of nitrogens with two attached hydrogens (primary N) is 1. The zero-order valence-electron chi connectivity index (χ0n) is 12.6. The zero-order valence-corrected chi connectivity index (χ0v) is 12.6. The third-order valence-corrected chi connectivity index (χ3v) is 3.14. The molecule has 0 unspecified atom stereocenters. The van der Waals surface area contributed by atoms with Crippen molar-refractivity contribution in [2.24, 2.45) is 0 Å². The maximum Gasteiger partial charge on any atom is 0.255 e. The number of nitrogens with zero attached hydrogens (tertiary/aromatic N) is 2. The molecule has 1 amide bonds. The molecule has 0 aliphatic heterocycles. The number of nitrogen functional groups attached to an aromatic ring is 1. The molecule has 3 N–H and O–H groups in total. The Kier molecular flexibility index (Phi) is 4.52. The van der Waals surface area contributed by atoms with E-state index >= 15 is 0 Å². The van der Waals surface area contributed by atoms with Crippen LogP contribution in [0.25, 0.3) is 0 Å². The lowest BCUT2D eigenvalue weighted by Gasteiger charge is -2.10. The number of anilines is 2. The van der Waals surface area contributed by atoms with Crippen LogP contribution in [0.5, 0.6) is 0 Å². The first-order chi connectivity index (χ1) is 9.99. The van der Waals surface area contributed by atoms with Gasteiger partial charge >= 0.3 is 0 Å². The molecular formula is C16H20N4O. The van der Waals surface area contributed by atoms with Gasteiger partial charge in [0.25, 0.3) is 5.91 Å². The smallest absolute Gasteiger partial charge is 0.255 e. The highest BCUT2D eigenvalue weighted by atomic mass is 16.1. The van der Waals surface area contributed by atoms with E-state index in [1.54, 1.807) is 12.1 Å². The summed E-state index contributed by atoms with van der Waals surface area (Å²) in [6, 6.07) is 7.09. The lowest BCUT2D eigenvalue weighted by Crippen LogP contribution is -2.14. The van der Waals surface area contributed by atoms with Crippen LogP contribution in [0.2, 0.25) is 0 Å². The van der Waals surface area contributed by atoms with Crippen LogP contribution in [0.4, 0.5) is 11.5 Å². The van der Waals surface area contributed by atoms with Crippen molar-refractivity contribution in [3.63, 3.8) is 0 Å². The van der Waals surface area contributed by atoms with E-state index in [1.165, 1.54) is 0 Å². The highest BCUT2D eigenvalue weighted by Gasteiger charge is 2.11. The van der Waals surface area contributed by atoms with E-state index in [4.69, 9.17) is 5.73 Å². The van der Waals surface area contributed by atoms with Crippen molar-refractivity contribution in [3.8, 4) is 0 Å². The molecule has 21 heavy (non-hydrogen) atoms. The molecule has 0 aliphatic carbocycles. The van der Waals surface area contributed by atoms with Gasteiger partial charge in [-0.25, -0.2) is 4.98 Å². The minimum Gasteiger partial charge on any atom is -0.384 e. The van der Waals surface area contributed by atoms with Crippen LogP contribution in [0, 0.1) is 13.8 Å². The van der Waals surface area contributed by atoms with Crippen molar-refractivity contribution in [3.05, 3.63) is 46.9 Å².